The van der Waals surface area contributed by atoms with Gasteiger partial charge >= 0.3 is 0 Å². The molecule has 1 nitrogen and oxygen atoms in total. The SMILES string of the molecule is CC(C)(C)C1=CC=CSC1.O. The van der Waals surface area contributed by atoms with Crippen molar-refractivity contribution in [1.29, 1.82) is 0 Å². The van der Waals surface area contributed by atoms with Gasteiger partial charge in [-0.15, -0.1) is 11.8 Å². The Morgan fingerprint density at radius 2 is 2.00 bits per heavy atom. The van der Waals surface area contributed by atoms with E-state index in [-0.39, 0.29) is 5.48 Å². The summed E-state index contributed by atoms with van der Waals surface area (Å²) in [5, 5.41) is 2.15. The van der Waals surface area contributed by atoms with Crippen molar-refractivity contribution >= 4 is 11.8 Å². The molecule has 64 valence electrons. The van der Waals surface area contributed by atoms with Gasteiger partial charge in [-0.05, 0) is 10.8 Å². The minimum atomic E-state index is 0. The fraction of sp³-hybridized carbons (Fsp3) is 0.556. The maximum Gasteiger partial charge on any atom is 0.0193 e. The number of hydrogen-bond donors (Lipinski definition) is 0. The summed E-state index contributed by atoms with van der Waals surface area (Å²) in [6.45, 7) is 6.79. The molecule has 2 heteroatoms. The molecular formula is C9H16OS. The molecule has 0 aromatic carbocycles. The van der Waals surface area contributed by atoms with Crippen LogP contribution in [-0.4, -0.2) is 11.2 Å². The molecule has 0 saturated heterocycles. The first-order chi connectivity index (χ1) is 4.61. The highest BCUT2D eigenvalue weighted by Crippen LogP contribution is 2.30. The van der Waals surface area contributed by atoms with Crippen molar-refractivity contribution in [3.63, 3.8) is 0 Å². The summed E-state index contributed by atoms with van der Waals surface area (Å²) in [4.78, 5) is 0. The van der Waals surface area contributed by atoms with Gasteiger partial charge in [-0.2, -0.15) is 0 Å². The first kappa shape index (κ1) is 10.8. The smallest absolute Gasteiger partial charge is 0.0193 e. The molecule has 0 spiro atoms. The van der Waals surface area contributed by atoms with Crippen LogP contribution in [0.15, 0.2) is 23.1 Å². The topological polar surface area (TPSA) is 31.5 Å². The molecule has 1 heterocycles. The molecule has 0 aromatic heterocycles. The van der Waals surface area contributed by atoms with Crippen LogP contribution in [0.5, 0.6) is 0 Å². The highest BCUT2D eigenvalue weighted by Gasteiger charge is 2.16. The lowest BCUT2D eigenvalue weighted by molar-refractivity contribution is 0.506. The van der Waals surface area contributed by atoms with Crippen LogP contribution in [0.3, 0.4) is 0 Å². The van der Waals surface area contributed by atoms with E-state index >= 15 is 0 Å². The van der Waals surface area contributed by atoms with Gasteiger partial charge in [0.25, 0.3) is 0 Å². The summed E-state index contributed by atoms with van der Waals surface area (Å²) >= 11 is 1.88. The maximum absolute atomic E-state index is 2.26. The second kappa shape index (κ2) is 3.98. The first-order valence-electron chi connectivity index (χ1n) is 3.58. The summed E-state index contributed by atoms with van der Waals surface area (Å²) in [5.41, 5.74) is 1.90. The Morgan fingerprint density at radius 1 is 1.36 bits per heavy atom. The van der Waals surface area contributed by atoms with Gasteiger partial charge in [0, 0.05) is 5.75 Å². The average molecular weight is 172 g/mol. The van der Waals surface area contributed by atoms with E-state index in [1.165, 1.54) is 5.75 Å². The zero-order valence-corrected chi connectivity index (χ0v) is 8.16. The zero-order valence-electron chi connectivity index (χ0n) is 7.35. The Hall–Kier alpha value is -0.210. The second-order valence-corrected chi connectivity index (χ2v) is 4.48. The quantitative estimate of drug-likeness (QED) is 0.552. The van der Waals surface area contributed by atoms with Crippen molar-refractivity contribution in [2.45, 2.75) is 20.8 Å². The van der Waals surface area contributed by atoms with Crippen molar-refractivity contribution < 1.29 is 5.48 Å². The van der Waals surface area contributed by atoms with Gasteiger partial charge in [0.1, 0.15) is 0 Å². The largest absolute Gasteiger partial charge is 0.412 e. The van der Waals surface area contributed by atoms with E-state index < -0.39 is 0 Å². The monoisotopic (exact) mass is 172 g/mol. The maximum atomic E-state index is 2.26. The molecule has 0 saturated carbocycles. The lowest BCUT2D eigenvalue weighted by Gasteiger charge is -2.23. The lowest BCUT2D eigenvalue weighted by Crippen LogP contribution is -2.11. The van der Waals surface area contributed by atoms with E-state index in [9.17, 15) is 0 Å². The normalized spacial score (nSPS) is 17.2. The molecule has 1 rings (SSSR count). The number of rotatable bonds is 0. The minimum Gasteiger partial charge on any atom is -0.412 e. The fourth-order valence-electron chi connectivity index (χ4n) is 0.864. The van der Waals surface area contributed by atoms with E-state index in [1.807, 2.05) is 11.8 Å². The van der Waals surface area contributed by atoms with E-state index in [0.29, 0.717) is 5.41 Å². The summed E-state index contributed by atoms with van der Waals surface area (Å²) in [5.74, 6) is 1.17. The van der Waals surface area contributed by atoms with Crippen molar-refractivity contribution in [2.75, 3.05) is 5.75 Å². The average Bonchev–Trinajstić information content (AvgIpc) is 1.88. The Balaban J connectivity index is 0.000001000. The van der Waals surface area contributed by atoms with Gasteiger partial charge in [-0.3, -0.25) is 0 Å². The third-order valence-electron chi connectivity index (χ3n) is 1.67. The van der Waals surface area contributed by atoms with Crippen LogP contribution in [-0.2, 0) is 0 Å². The number of thioether (sulfide) groups is 1. The molecule has 0 radical (unpaired) electrons. The molecule has 0 unspecified atom stereocenters. The van der Waals surface area contributed by atoms with Crippen molar-refractivity contribution in [1.82, 2.24) is 0 Å². The molecule has 11 heavy (non-hydrogen) atoms. The van der Waals surface area contributed by atoms with Gasteiger partial charge in [0.15, 0.2) is 0 Å². The van der Waals surface area contributed by atoms with Gasteiger partial charge < -0.3 is 5.48 Å². The van der Waals surface area contributed by atoms with Crippen LogP contribution in [0, 0.1) is 5.41 Å². The third-order valence-corrected chi connectivity index (χ3v) is 2.50. The molecule has 0 aromatic rings. The van der Waals surface area contributed by atoms with Crippen LogP contribution in [0.4, 0.5) is 0 Å². The van der Waals surface area contributed by atoms with E-state index in [0.717, 1.165) is 0 Å². The van der Waals surface area contributed by atoms with Crippen molar-refractivity contribution in [2.24, 2.45) is 5.41 Å². The molecule has 2 N–H and O–H groups in total. The van der Waals surface area contributed by atoms with Crippen LogP contribution in [0.1, 0.15) is 20.8 Å². The molecule has 0 bridgehead atoms. The minimum absolute atomic E-state index is 0. The number of hydrogen-bond acceptors (Lipinski definition) is 1. The molecule has 1 aliphatic rings. The Bertz CT molecular complexity index is 174. The summed E-state index contributed by atoms with van der Waals surface area (Å²) in [6, 6.07) is 0. The van der Waals surface area contributed by atoms with E-state index in [1.54, 1.807) is 5.57 Å². The summed E-state index contributed by atoms with van der Waals surface area (Å²) < 4.78 is 0. The summed E-state index contributed by atoms with van der Waals surface area (Å²) in [6.07, 6.45) is 4.37. The van der Waals surface area contributed by atoms with Crippen molar-refractivity contribution in [3.05, 3.63) is 23.1 Å². The predicted molar refractivity (Wildman–Crippen MR) is 52.7 cm³/mol. The van der Waals surface area contributed by atoms with Crippen LogP contribution in [0.2, 0.25) is 0 Å². The van der Waals surface area contributed by atoms with Gasteiger partial charge in [-0.25, -0.2) is 0 Å². The number of allylic oxidation sites excluding steroid dienone is 2. The zero-order chi connectivity index (χ0) is 7.61. The molecule has 0 aliphatic carbocycles. The Morgan fingerprint density at radius 3 is 2.27 bits per heavy atom. The molecular weight excluding hydrogens is 156 g/mol. The van der Waals surface area contributed by atoms with E-state index in [2.05, 4.69) is 38.3 Å². The third kappa shape index (κ3) is 3.12. The molecule has 1 aliphatic heterocycles. The highest BCUT2D eigenvalue weighted by atomic mass is 32.2. The van der Waals surface area contributed by atoms with Crippen LogP contribution < -0.4 is 0 Å². The van der Waals surface area contributed by atoms with Crippen LogP contribution in [0.25, 0.3) is 0 Å². The Kier molecular flexibility index (Phi) is 3.90. The molecule has 0 atom stereocenters. The van der Waals surface area contributed by atoms with E-state index in [4.69, 9.17) is 0 Å². The first-order valence-corrected chi connectivity index (χ1v) is 4.63. The lowest BCUT2D eigenvalue weighted by atomic mass is 9.87. The van der Waals surface area contributed by atoms with Crippen LogP contribution >= 0.6 is 11.8 Å². The molecule has 0 fully saturated rings. The standard InChI is InChI=1S/C9H14S.H2O/c1-9(2,3)8-5-4-6-10-7-8;/h4-6H,7H2,1-3H3;1H2. The second-order valence-electron chi connectivity index (χ2n) is 3.58. The van der Waals surface area contributed by atoms with Gasteiger partial charge in [-0.1, -0.05) is 38.5 Å². The van der Waals surface area contributed by atoms with Crippen molar-refractivity contribution in [3.8, 4) is 0 Å². The molecule has 0 amide bonds. The summed E-state index contributed by atoms with van der Waals surface area (Å²) in [7, 11) is 0. The Labute approximate surface area is 72.9 Å². The van der Waals surface area contributed by atoms with Gasteiger partial charge in [0.2, 0.25) is 0 Å². The highest BCUT2D eigenvalue weighted by molar-refractivity contribution is 8.02. The van der Waals surface area contributed by atoms with Gasteiger partial charge in [0.05, 0.1) is 0 Å². The fourth-order valence-corrected chi connectivity index (χ4v) is 1.86. The predicted octanol–water partition coefficient (Wildman–Crippen LogP) is 2.39.